The molecule has 1 aliphatic heterocycles. The van der Waals surface area contributed by atoms with Crippen LogP contribution in [-0.4, -0.2) is 16.1 Å². The second-order valence-corrected chi connectivity index (χ2v) is 10.5. The van der Waals surface area contributed by atoms with Crippen molar-refractivity contribution in [3.63, 3.8) is 0 Å². The average Bonchev–Trinajstić information content (AvgIpc) is 2.40. The fourth-order valence-corrected chi connectivity index (χ4v) is 6.80. The number of fused-ring (bicyclic) bond motifs is 3. The maximum absolute atomic E-state index is 2.53. The van der Waals surface area contributed by atoms with E-state index < -0.39 is 0 Å². The first kappa shape index (κ1) is 13.7. The van der Waals surface area contributed by atoms with Crippen LogP contribution >= 0.6 is 23.5 Å². The van der Waals surface area contributed by atoms with E-state index in [2.05, 4.69) is 37.4 Å². The molecule has 0 aromatic heterocycles. The van der Waals surface area contributed by atoms with Gasteiger partial charge in [0, 0.05) is 4.58 Å². The molecule has 4 fully saturated rings. The van der Waals surface area contributed by atoms with Gasteiger partial charge in [-0.05, 0) is 86.5 Å². The van der Waals surface area contributed by atoms with Crippen molar-refractivity contribution in [1.29, 1.82) is 0 Å². The van der Waals surface area contributed by atoms with Crippen LogP contribution in [0.1, 0.15) is 65.2 Å². The summed E-state index contributed by atoms with van der Waals surface area (Å²) in [6, 6.07) is 0. The fourth-order valence-electron chi connectivity index (χ4n) is 4.14. The lowest BCUT2D eigenvalue weighted by molar-refractivity contribution is -0.00551. The van der Waals surface area contributed by atoms with Gasteiger partial charge in [0.25, 0.3) is 0 Å². The molecule has 0 aromatic carbocycles. The smallest absolute Gasteiger partial charge is 0.0474 e. The molecule has 0 unspecified atom stereocenters. The van der Waals surface area contributed by atoms with Gasteiger partial charge in [-0.3, -0.25) is 0 Å². The lowest BCUT2D eigenvalue weighted by atomic mass is 9.53. The van der Waals surface area contributed by atoms with Crippen LogP contribution in [0, 0.1) is 16.7 Å². The standard InChI is InChI=1S/C16H28S2/c1-13-17-11-14(12-18-13)3-4-16-8-5-15(2,6-9-16)7-10-16/h13-14H,3-12H2,1-2H3. The third kappa shape index (κ3) is 2.90. The molecule has 0 aromatic rings. The summed E-state index contributed by atoms with van der Waals surface area (Å²) in [7, 11) is 0. The van der Waals surface area contributed by atoms with Crippen molar-refractivity contribution in [2.75, 3.05) is 11.5 Å². The van der Waals surface area contributed by atoms with E-state index in [4.69, 9.17) is 0 Å². The van der Waals surface area contributed by atoms with Crippen LogP contribution < -0.4 is 0 Å². The van der Waals surface area contributed by atoms with Crippen LogP contribution in [0.4, 0.5) is 0 Å². The zero-order chi connectivity index (χ0) is 12.6. The summed E-state index contributed by atoms with van der Waals surface area (Å²) in [5, 5.41) is 0. The van der Waals surface area contributed by atoms with E-state index in [-0.39, 0.29) is 0 Å². The van der Waals surface area contributed by atoms with Crippen molar-refractivity contribution in [2.45, 2.75) is 69.8 Å². The third-order valence-corrected chi connectivity index (χ3v) is 9.08. The molecule has 3 aliphatic carbocycles. The molecule has 2 heteroatoms. The Bertz CT molecular complexity index is 267. The molecule has 0 amide bonds. The quantitative estimate of drug-likeness (QED) is 0.664. The molecule has 0 N–H and O–H groups in total. The Morgan fingerprint density at radius 3 is 2.06 bits per heavy atom. The van der Waals surface area contributed by atoms with E-state index in [1.807, 2.05) is 0 Å². The molecule has 1 saturated heterocycles. The van der Waals surface area contributed by atoms with Gasteiger partial charge < -0.3 is 0 Å². The van der Waals surface area contributed by atoms with E-state index >= 15 is 0 Å². The van der Waals surface area contributed by atoms with Crippen molar-refractivity contribution in [3.8, 4) is 0 Å². The zero-order valence-electron chi connectivity index (χ0n) is 12.0. The molecule has 0 atom stereocenters. The highest BCUT2D eigenvalue weighted by Crippen LogP contribution is 2.58. The molecule has 0 radical (unpaired) electrons. The van der Waals surface area contributed by atoms with Crippen molar-refractivity contribution < 1.29 is 0 Å². The summed E-state index contributed by atoms with van der Waals surface area (Å²) >= 11 is 4.38. The van der Waals surface area contributed by atoms with Crippen LogP contribution in [-0.2, 0) is 0 Å². The van der Waals surface area contributed by atoms with E-state index in [1.54, 1.807) is 25.7 Å². The maximum atomic E-state index is 2.53. The van der Waals surface area contributed by atoms with Gasteiger partial charge in [0.1, 0.15) is 0 Å². The van der Waals surface area contributed by atoms with Crippen molar-refractivity contribution in [1.82, 2.24) is 0 Å². The first-order chi connectivity index (χ1) is 8.59. The highest BCUT2D eigenvalue weighted by atomic mass is 32.2. The molecular formula is C16H28S2. The molecular weight excluding hydrogens is 256 g/mol. The van der Waals surface area contributed by atoms with Crippen LogP contribution in [0.5, 0.6) is 0 Å². The molecule has 104 valence electrons. The molecule has 18 heavy (non-hydrogen) atoms. The molecule has 2 bridgehead atoms. The van der Waals surface area contributed by atoms with Crippen molar-refractivity contribution in [2.24, 2.45) is 16.7 Å². The molecule has 0 nitrogen and oxygen atoms in total. The van der Waals surface area contributed by atoms with Gasteiger partial charge in [-0.25, -0.2) is 0 Å². The lowest BCUT2D eigenvalue weighted by Gasteiger charge is -2.52. The first-order valence-electron chi connectivity index (χ1n) is 7.83. The molecule has 4 rings (SSSR count). The molecule has 0 spiro atoms. The number of thioether (sulfide) groups is 2. The largest absolute Gasteiger partial charge is 0.148 e. The number of rotatable bonds is 3. The number of hydrogen-bond acceptors (Lipinski definition) is 2. The average molecular weight is 285 g/mol. The fraction of sp³-hybridized carbons (Fsp3) is 1.00. The van der Waals surface area contributed by atoms with Crippen LogP contribution in [0.3, 0.4) is 0 Å². The summed E-state index contributed by atoms with van der Waals surface area (Å²) in [6.07, 6.45) is 12.3. The Morgan fingerprint density at radius 1 is 0.944 bits per heavy atom. The van der Waals surface area contributed by atoms with Crippen molar-refractivity contribution in [3.05, 3.63) is 0 Å². The summed E-state index contributed by atoms with van der Waals surface area (Å²) in [6.45, 7) is 4.90. The summed E-state index contributed by atoms with van der Waals surface area (Å²) < 4.78 is 0.851. The van der Waals surface area contributed by atoms with Crippen LogP contribution in [0.15, 0.2) is 0 Å². The van der Waals surface area contributed by atoms with Gasteiger partial charge in [0.2, 0.25) is 0 Å². The predicted molar refractivity (Wildman–Crippen MR) is 85.3 cm³/mol. The molecule has 3 saturated carbocycles. The molecule has 4 aliphatic rings. The van der Waals surface area contributed by atoms with Gasteiger partial charge in [-0.2, -0.15) is 0 Å². The Morgan fingerprint density at radius 2 is 1.50 bits per heavy atom. The zero-order valence-corrected chi connectivity index (χ0v) is 13.7. The number of hydrogen-bond donors (Lipinski definition) is 0. The summed E-state index contributed by atoms with van der Waals surface area (Å²) in [4.78, 5) is 0. The van der Waals surface area contributed by atoms with E-state index in [1.165, 1.54) is 37.2 Å². The highest BCUT2D eigenvalue weighted by Gasteiger charge is 2.45. The second-order valence-electron chi connectivity index (χ2n) is 7.45. The SMILES string of the molecule is CC1SCC(CCC23CCC(C)(CC2)CC3)CS1. The van der Waals surface area contributed by atoms with Gasteiger partial charge >= 0.3 is 0 Å². The second kappa shape index (κ2) is 5.24. The highest BCUT2D eigenvalue weighted by molar-refractivity contribution is 8.17. The first-order valence-corrected chi connectivity index (χ1v) is 9.92. The minimum atomic E-state index is 0.744. The predicted octanol–water partition coefficient (Wildman–Crippen LogP) is 5.57. The summed E-state index contributed by atoms with van der Waals surface area (Å²) in [5.41, 5.74) is 1.53. The van der Waals surface area contributed by atoms with Gasteiger partial charge in [0.05, 0.1) is 0 Å². The monoisotopic (exact) mass is 284 g/mol. The maximum Gasteiger partial charge on any atom is 0.0474 e. The minimum absolute atomic E-state index is 0.744. The van der Waals surface area contributed by atoms with Gasteiger partial charge in [-0.1, -0.05) is 6.92 Å². The Labute approximate surface area is 121 Å². The van der Waals surface area contributed by atoms with Crippen molar-refractivity contribution >= 4 is 23.5 Å². The minimum Gasteiger partial charge on any atom is -0.148 e. The topological polar surface area (TPSA) is 0 Å². The van der Waals surface area contributed by atoms with E-state index in [0.29, 0.717) is 0 Å². The van der Waals surface area contributed by atoms with Crippen LogP contribution in [0.25, 0.3) is 0 Å². The van der Waals surface area contributed by atoms with E-state index in [0.717, 1.165) is 21.3 Å². The molecule has 1 heterocycles. The lowest BCUT2D eigenvalue weighted by Crippen LogP contribution is -2.40. The summed E-state index contributed by atoms with van der Waals surface area (Å²) in [5.74, 6) is 3.88. The van der Waals surface area contributed by atoms with Crippen LogP contribution in [0.2, 0.25) is 0 Å². The van der Waals surface area contributed by atoms with E-state index in [9.17, 15) is 0 Å². The Balaban J connectivity index is 1.48. The Kier molecular flexibility index (Phi) is 3.98. The van der Waals surface area contributed by atoms with Gasteiger partial charge in [0.15, 0.2) is 0 Å². The normalized spacial score (nSPS) is 48.3. The van der Waals surface area contributed by atoms with Gasteiger partial charge in [-0.15, -0.1) is 23.5 Å². The Hall–Kier alpha value is 0.700. The third-order valence-electron chi connectivity index (χ3n) is 5.99.